The molecule has 0 aromatic heterocycles. The third-order valence-electron chi connectivity index (χ3n) is 4.07. The van der Waals surface area contributed by atoms with E-state index in [4.69, 9.17) is 0 Å². The lowest BCUT2D eigenvalue weighted by Crippen LogP contribution is -2.41. The van der Waals surface area contributed by atoms with E-state index in [2.05, 4.69) is 34.8 Å². The normalized spacial score (nSPS) is 12.5. The number of anilines is 1. The first-order valence-electron chi connectivity index (χ1n) is 8.32. The zero-order chi connectivity index (χ0) is 19.3. The molecule has 0 saturated heterocycles. The van der Waals surface area contributed by atoms with Crippen molar-refractivity contribution in [3.05, 3.63) is 63.2 Å². The van der Waals surface area contributed by atoms with Crippen molar-refractivity contribution < 1.29 is 13.2 Å². The Labute approximate surface area is 169 Å². The van der Waals surface area contributed by atoms with Crippen LogP contribution >= 0.6 is 22.6 Å². The molecule has 0 saturated carbocycles. The number of hydrogen-bond donors (Lipinski definition) is 1. The minimum Gasteiger partial charge on any atom is -0.348 e. The van der Waals surface area contributed by atoms with Gasteiger partial charge in [0.2, 0.25) is 15.9 Å². The van der Waals surface area contributed by atoms with Gasteiger partial charge in [-0.3, -0.25) is 9.10 Å². The summed E-state index contributed by atoms with van der Waals surface area (Å²) in [6, 6.07) is 14.8. The first-order chi connectivity index (χ1) is 12.2. The van der Waals surface area contributed by atoms with E-state index in [1.54, 1.807) is 12.1 Å². The second kappa shape index (κ2) is 8.85. The SMILES string of the molecule is CCc1ccc([C@@H](C)NC(=O)CN(c2ccc(I)cc2)S(C)(=O)=O)cc1. The Morgan fingerprint density at radius 3 is 2.19 bits per heavy atom. The highest BCUT2D eigenvalue weighted by Gasteiger charge is 2.21. The molecule has 1 N–H and O–H groups in total. The Balaban J connectivity index is 2.10. The smallest absolute Gasteiger partial charge is 0.241 e. The second-order valence-corrected chi connectivity index (χ2v) is 9.28. The topological polar surface area (TPSA) is 66.5 Å². The van der Waals surface area contributed by atoms with Gasteiger partial charge in [-0.25, -0.2) is 8.42 Å². The van der Waals surface area contributed by atoms with E-state index in [0.717, 1.165) is 26.1 Å². The lowest BCUT2D eigenvalue weighted by atomic mass is 10.1. The Morgan fingerprint density at radius 1 is 1.12 bits per heavy atom. The van der Waals surface area contributed by atoms with Crippen molar-refractivity contribution in [2.45, 2.75) is 26.3 Å². The summed E-state index contributed by atoms with van der Waals surface area (Å²) in [6.45, 7) is 3.72. The highest BCUT2D eigenvalue weighted by molar-refractivity contribution is 14.1. The Kier molecular flexibility index (Phi) is 7.05. The van der Waals surface area contributed by atoms with Crippen molar-refractivity contribution in [3.8, 4) is 0 Å². The molecule has 0 aliphatic rings. The summed E-state index contributed by atoms with van der Waals surface area (Å²) in [4.78, 5) is 12.4. The lowest BCUT2D eigenvalue weighted by molar-refractivity contribution is -0.120. The number of amides is 1. The maximum Gasteiger partial charge on any atom is 0.241 e. The number of hydrogen-bond acceptors (Lipinski definition) is 3. The van der Waals surface area contributed by atoms with E-state index in [9.17, 15) is 13.2 Å². The molecule has 0 spiro atoms. The van der Waals surface area contributed by atoms with Crippen molar-refractivity contribution in [3.63, 3.8) is 0 Å². The predicted octanol–water partition coefficient (Wildman–Crippen LogP) is 3.50. The molecule has 0 aliphatic heterocycles. The van der Waals surface area contributed by atoms with Gasteiger partial charge in [-0.1, -0.05) is 31.2 Å². The summed E-state index contributed by atoms with van der Waals surface area (Å²) in [7, 11) is -3.57. The second-order valence-electron chi connectivity index (χ2n) is 6.13. The van der Waals surface area contributed by atoms with E-state index < -0.39 is 10.0 Å². The summed E-state index contributed by atoms with van der Waals surface area (Å²) in [5.41, 5.74) is 2.69. The van der Waals surface area contributed by atoms with Crippen molar-refractivity contribution in [1.29, 1.82) is 0 Å². The molecular formula is C19H23IN2O3S. The molecule has 0 aliphatic carbocycles. The first kappa shape index (κ1) is 20.7. The minimum atomic E-state index is -3.57. The summed E-state index contributed by atoms with van der Waals surface area (Å²) >= 11 is 2.15. The van der Waals surface area contributed by atoms with E-state index in [-0.39, 0.29) is 18.5 Å². The third kappa shape index (κ3) is 5.70. The Morgan fingerprint density at radius 2 is 1.69 bits per heavy atom. The monoisotopic (exact) mass is 486 g/mol. The summed E-state index contributed by atoms with van der Waals surface area (Å²) in [6.07, 6.45) is 2.06. The van der Waals surface area contributed by atoms with Gasteiger partial charge >= 0.3 is 0 Å². The maximum atomic E-state index is 12.4. The fourth-order valence-electron chi connectivity index (χ4n) is 2.55. The quantitative estimate of drug-likeness (QED) is 0.610. The molecule has 2 aromatic carbocycles. The van der Waals surface area contributed by atoms with Gasteiger partial charge in [0.25, 0.3) is 0 Å². The standard InChI is InChI=1S/C19H23IN2O3S/c1-4-15-5-7-16(8-6-15)14(2)21-19(23)13-22(26(3,24)25)18-11-9-17(20)10-12-18/h5-12,14H,4,13H2,1-3H3,(H,21,23)/t14-/m1/s1. The molecule has 0 heterocycles. The molecule has 0 unspecified atom stereocenters. The van der Waals surface area contributed by atoms with Crippen LogP contribution in [0.2, 0.25) is 0 Å². The number of sulfonamides is 1. The zero-order valence-electron chi connectivity index (χ0n) is 15.1. The number of nitrogens with one attached hydrogen (secondary N) is 1. The van der Waals surface area contributed by atoms with Gasteiger partial charge in [-0.2, -0.15) is 0 Å². The molecule has 0 fully saturated rings. The van der Waals surface area contributed by atoms with Gasteiger partial charge in [0.15, 0.2) is 0 Å². The van der Waals surface area contributed by atoms with E-state index in [1.807, 2.05) is 43.3 Å². The molecule has 7 heteroatoms. The summed E-state index contributed by atoms with van der Waals surface area (Å²) in [5, 5.41) is 2.87. The van der Waals surface area contributed by atoms with Gasteiger partial charge in [-0.05, 0) is 71.3 Å². The molecule has 140 valence electrons. The minimum absolute atomic E-state index is 0.202. The van der Waals surface area contributed by atoms with Gasteiger partial charge in [0.05, 0.1) is 18.0 Å². The molecular weight excluding hydrogens is 463 g/mol. The number of rotatable bonds is 7. The Hall–Kier alpha value is -1.61. The van der Waals surface area contributed by atoms with Crippen molar-refractivity contribution in [2.75, 3.05) is 17.1 Å². The molecule has 26 heavy (non-hydrogen) atoms. The molecule has 1 atom stereocenters. The van der Waals surface area contributed by atoms with Crippen LogP contribution in [0.3, 0.4) is 0 Å². The number of nitrogens with zero attached hydrogens (tertiary/aromatic N) is 1. The number of benzene rings is 2. The lowest BCUT2D eigenvalue weighted by Gasteiger charge is -2.23. The van der Waals surface area contributed by atoms with Gasteiger partial charge < -0.3 is 5.32 Å². The van der Waals surface area contributed by atoms with Crippen LogP contribution in [-0.4, -0.2) is 27.1 Å². The van der Waals surface area contributed by atoms with Crippen LogP contribution in [0.15, 0.2) is 48.5 Å². The molecule has 1 amide bonds. The molecule has 0 bridgehead atoms. The summed E-state index contributed by atoms with van der Waals surface area (Å²) in [5.74, 6) is -0.346. The van der Waals surface area contributed by atoms with Crippen LogP contribution in [-0.2, 0) is 21.2 Å². The predicted molar refractivity (Wildman–Crippen MR) is 114 cm³/mol. The largest absolute Gasteiger partial charge is 0.348 e. The van der Waals surface area contributed by atoms with Crippen LogP contribution in [0.1, 0.15) is 31.0 Å². The number of carbonyl (C=O) groups is 1. The average Bonchev–Trinajstić information content (AvgIpc) is 2.59. The Bertz CT molecular complexity index is 849. The maximum absolute atomic E-state index is 12.4. The van der Waals surface area contributed by atoms with Gasteiger partial charge in [0.1, 0.15) is 6.54 Å². The van der Waals surface area contributed by atoms with E-state index in [1.165, 1.54) is 5.56 Å². The summed E-state index contributed by atoms with van der Waals surface area (Å²) < 4.78 is 26.4. The third-order valence-corrected chi connectivity index (χ3v) is 5.93. The van der Waals surface area contributed by atoms with Crippen LogP contribution < -0.4 is 9.62 Å². The first-order valence-corrected chi connectivity index (χ1v) is 11.2. The highest BCUT2D eigenvalue weighted by Crippen LogP contribution is 2.19. The fraction of sp³-hybridized carbons (Fsp3) is 0.316. The van der Waals surface area contributed by atoms with Crippen molar-refractivity contribution >= 4 is 44.2 Å². The average molecular weight is 486 g/mol. The molecule has 2 rings (SSSR count). The molecule has 0 radical (unpaired) electrons. The van der Waals surface area contributed by atoms with Crippen LogP contribution in [0.5, 0.6) is 0 Å². The number of aryl methyl sites for hydroxylation is 1. The van der Waals surface area contributed by atoms with Crippen molar-refractivity contribution in [1.82, 2.24) is 5.32 Å². The van der Waals surface area contributed by atoms with E-state index >= 15 is 0 Å². The van der Waals surface area contributed by atoms with Gasteiger partial charge in [-0.15, -0.1) is 0 Å². The molecule has 2 aromatic rings. The highest BCUT2D eigenvalue weighted by atomic mass is 127. The van der Waals surface area contributed by atoms with Crippen molar-refractivity contribution in [2.24, 2.45) is 0 Å². The fourth-order valence-corrected chi connectivity index (χ4v) is 3.77. The number of halogens is 1. The van der Waals surface area contributed by atoms with Crippen LogP contribution in [0.4, 0.5) is 5.69 Å². The van der Waals surface area contributed by atoms with Crippen LogP contribution in [0, 0.1) is 3.57 Å². The van der Waals surface area contributed by atoms with E-state index in [0.29, 0.717) is 5.69 Å². The van der Waals surface area contributed by atoms with Crippen LogP contribution in [0.25, 0.3) is 0 Å². The molecule has 5 nitrogen and oxygen atoms in total. The zero-order valence-corrected chi connectivity index (χ0v) is 18.0. The number of carbonyl (C=O) groups excluding carboxylic acids is 1. The van der Waals surface area contributed by atoms with Gasteiger partial charge in [0, 0.05) is 3.57 Å².